The van der Waals surface area contributed by atoms with Crippen molar-refractivity contribution in [3.8, 4) is 5.75 Å². The molecule has 0 fully saturated rings. The molecule has 2 N–H and O–H groups in total. The Labute approximate surface area is 165 Å². The number of hydrogen-bond donors (Lipinski definition) is 2. The van der Waals surface area contributed by atoms with E-state index in [0.717, 1.165) is 5.56 Å². The van der Waals surface area contributed by atoms with Gasteiger partial charge in [0.2, 0.25) is 0 Å². The van der Waals surface area contributed by atoms with Crippen molar-refractivity contribution in [2.75, 3.05) is 28.8 Å². The molecule has 6 nitrogen and oxygen atoms in total. The van der Waals surface area contributed by atoms with Gasteiger partial charge in [0.05, 0.1) is 17.8 Å². The summed E-state index contributed by atoms with van der Waals surface area (Å²) in [6.45, 7) is 1.93. The third-order valence-corrected chi connectivity index (χ3v) is 5.35. The van der Waals surface area contributed by atoms with Gasteiger partial charge in [-0.15, -0.1) is 11.6 Å². The topological polar surface area (TPSA) is 72.4 Å². The molecule has 0 saturated heterocycles. The Hall–Kier alpha value is -1.70. The molecule has 1 heterocycles. The summed E-state index contributed by atoms with van der Waals surface area (Å²) < 4.78 is 21.9. The highest BCUT2D eigenvalue weighted by Crippen LogP contribution is 2.35. The van der Waals surface area contributed by atoms with E-state index in [1.54, 1.807) is 7.05 Å². The normalized spacial score (nSPS) is 11.9. The number of hydrogen-bond acceptors (Lipinski definition) is 4. The third kappa shape index (κ3) is 4.93. The Kier molecular flexibility index (Phi) is 7.37. The van der Waals surface area contributed by atoms with Crippen LogP contribution < -0.4 is 20.3 Å². The van der Waals surface area contributed by atoms with Crippen molar-refractivity contribution < 1.29 is 8.95 Å². The molecule has 0 radical (unpaired) electrons. The molecule has 142 valence electrons. The maximum Gasteiger partial charge on any atom is 0.255 e. The van der Waals surface area contributed by atoms with Crippen molar-refractivity contribution >= 4 is 51.4 Å². The minimum atomic E-state index is -1.38. The molecule has 2 rings (SSSR count). The maximum absolute atomic E-state index is 12.3. The number of alkyl halides is 1. The van der Waals surface area contributed by atoms with Crippen LogP contribution in [0.15, 0.2) is 29.1 Å². The van der Waals surface area contributed by atoms with Crippen LogP contribution in [0.25, 0.3) is 0 Å². The van der Waals surface area contributed by atoms with Crippen LogP contribution >= 0.6 is 23.2 Å². The number of methoxy groups -OCH3 is 1. The first-order valence-corrected chi connectivity index (χ1v) is 10.1. The SMILES string of the molecule is COc1cc(=O)n(C)c(Nc2ccc(C)cc2Cl)c1NS(=O)CCCCl. The van der Waals surface area contributed by atoms with Gasteiger partial charge < -0.3 is 10.1 Å². The van der Waals surface area contributed by atoms with E-state index < -0.39 is 11.0 Å². The Bertz CT molecular complexity index is 871. The quantitative estimate of drug-likeness (QED) is 0.640. The van der Waals surface area contributed by atoms with Gasteiger partial charge in [-0.05, 0) is 31.0 Å². The largest absolute Gasteiger partial charge is 0.494 e. The van der Waals surface area contributed by atoms with E-state index in [-0.39, 0.29) is 11.3 Å². The molecule has 0 aliphatic rings. The number of halogens is 2. The van der Waals surface area contributed by atoms with Crippen molar-refractivity contribution in [1.29, 1.82) is 0 Å². The highest BCUT2D eigenvalue weighted by Gasteiger charge is 2.18. The predicted molar refractivity (Wildman–Crippen MR) is 110 cm³/mol. The van der Waals surface area contributed by atoms with Crippen LogP contribution in [0.3, 0.4) is 0 Å². The van der Waals surface area contributed by atoms with Gasteiger partial charge in [-0.2, -0.15) is 0 Å². The van der Waals surface area contributed by atoms with Gasteiger partial charge in [-0.1, -0.05) is 17.7 Å². The van der Waals surface area contributed by atoms with Crippen LogP contribution in [0, 0.1) is 6.92 Å². The lowest BCUT2D eigenvalue weighted by atomic mass is 10.2. The summed E-state index contributed by atoms with van der Waals surface area (Å²) in [4.78, 5) is 12.2. The van der Waals surface area contributed by atoms with Crippen LogP contribution in [0.2, 0.25) is 5.02 Å². The van der Waals surface area contributed by atoms with E-state index in [1.165, 1.54) is 17.7 Å². The standard InChI is InChI=1S/C17H21Cl2N3O3S/c1-11-5-6-13(12(19)9-11)20-17-16(21-26(24)8-4-7-18)14(25-3)10-15(23)22(17)2/h5-6,9-10,20-21H,4,7-8H2,1-3H3. The number of nitrogens with one attached hydrogen (secondary N) is 2. The van der Waals surface area contributed by atoms with Gasteiger partial charge in [0.1, 0.15) is 22.5 Å². The van der Waals surface area contributed by atoms with Gasteiger partial charge in [-0.25, -0.2) is 4.21 Å². The monoisotopic (exact) mass is 417 g/mol. The lowest BCUT2D eigenvalue weighted by molar-refractivity contribution is 0.415. The molecule has 0 aliphatic carbocycles. The van der Waals surface area contributed by atoms with Gasteiger partial charge in [0.15, 0.2) is 5.75 Å². The van der Waals surface area contributed by atoms with E-state index in [1.807, 2.05) is 25.1 Å². The highest BCUT2D eigenvalue weighted by molar-refractivity contribution is 7.86. The number of aromatic nitrogens is 1. The Balaban J connectivity index is 2.49. The molecule has 2 aromatic rings. The molecule has 0 saturated carbocycles. The number of rotatable bonds is 8. The zero-order valence-electron chi connectivity index (χ0n) is 14.8. The summed E-state index contributed by atoms with van der Waals surface area (Å²) in [6, 6.07) is 6.87. The maximum atomic E-state index is 12.3. The third-order valence-electron chi connectivity index (χ3n) is 3.68. The van der Waals surface area contributed by atoms with Crippen molar-refractivity contribution in [1.82, 2.24) is 4.57 Å². The number of aryl methyl sites for hydroxylation is 1. The van der Waals surface area contributed by atoms with E-state index in [4.69, 9.17) is 27.9 Å². The van der Waals surface area contributed by atoms with Crippen LogP contribution in [0.4, 0.5) is 17.2 Å². The van der Waals surface area contributed by atoms with Crippen LogP contribution in [-0.4, -0.2) is 27.5 Å². The predicted octanol–water partition coefficient (Wildman–Crippen LogP) is 3.80. The molecule has 1 aromatic carbocycles. The molecular weight excluding hydrogens is 397 g/mol. The highest BCUT2D eigenvalue weighted by atomic mass is 35.5. The Morgan fingerprint density at radius 1 is 1.31 bits per heavy atom. The smallest absolute Gasteiger partial charge is 0.255 e. The molecule has 1 atom stereocenters. The first-order valence-electron chi connectivity index (χ1n) is 7.89. The Morgan fingerprint density at radius 3 is 2.65 bits per heavy atom. The van der Waals surface area contributed by atoms with E-state index in [2.05, 4.69) is 10.0 Å². The lowest BCUT2D eigenvalue weighted by Gasteiger charge is -2.20. The van der Waals surface area contributed by atoms with Gasteiger partial charge in [-0.3, -0.25) is 14.1 Å². The molecule has 0 spiro atoms. The van der Waals surface area contributed by atoms with Gasteiger partial charge in [0.25, 0.3) is 5.56 Å². The van der Waals surface area contributed by atoms with Crippen LogP contribution in [0.5, 0.6) is 5.75 Å². The fraction of sp³-hybridized carbons (Fsp3) is 0.353. The minimum absolute atomic E-state index is 0.273. The molecule has 0 amide bonds. The zero-order chi connectivity index (χ0) is 19.3. The van der Waals surface area contributed by atoms with E-state index in [0.29, 0.717) is 40.3 Å². The zero-order valence-corrected chi connectivity index (χ0v) is 17.1. The van der Waals surface area contributed by atoms with E-state index in [9.17, 15) is 9.00 Å². The second kappa shape index (κ2) is 9.30. The molecule has 0 bridgehead atoms. The fourth-order valence-electron chi connectivity index (χ4n) is 2.28. The summed E-state index contributed by atoms with van der Waals surface area (Å²) in [6.07, 6.45) is 0.599. The summed E-state index contributed by atoms with van der Waals surface area (Å²) in [5.41, 5.74) is 1.78. The van der Waals surface area contributed by atoms with Crippen molar-refractivity contribution in [2.45, 2.75) is 13.3 Å². The number of nitrogens with zero attached hydrogens (tertiary/aromatic N) is 1. The Morgan fingerprint density at radius 2 is 2.04 bits per heavy atom. The average Bonchev–Trinajstić information content (AvgIpc) is 2.60. The summed E-state index contributed by atoms with van der Waals surface area (Å²) in [5, 5.41) is 3.65. The number of anilines is 3. The molecule has 26 heavy (non-hydrogen) atoms. The molecular formula is C17H21Cl2N3O3S. The molecule has 1 aromatic heterocycles. The first kappa shape index (κ1) is 20.6. The number of ether oxygens (including phenoxy) is 1. The van der Waals surface area contributed by atoms with Crippen molar-refractivity contribution in [2.24, 2.45) is 7.05 Å². The van der Waals surface area contributed by atoms with Crippen LogP contribution in [-0.2, 0) is 18.0 Å². The summed E-state index contributed by atoms with van der Waals surface area (Å²) in [5.74, 6) is 1.49. The second-order valence-corrected chi connectivity index (χ2v) is 7.72. The van der Waals surface area contributed by atoms with Gasteiger partial charge >= 0.3 is 0 Å². The first-order chi connectivity index (χ1) is 12.4. The molecule has 0 aliphatic heterocycles. The average molecular weight is 418 g/mol. The summed E-state index contributed by atoms with van der Waals surface area (Å²) in [7, 11) is 1.68. The molecule has 1 unspecified atom stereocenters. The van der Waals surface area contributed by atoms with Crippen molar-refractivity contribution in [3.05, 3.63) is 45.2 Å². The fourth-order valence-corrected chi connectivity index (χ4v) is 3.79. The second-order valence-electron chi connectivity index (χ2n) is 5.64. The lowest BCUT2D eigenvalue weighted by Crippen LogP contribution is -2.22. The molecule has 9 heteroatoms. The van der Waals surface area contributed by atoms with E-state index >= 15 is 0 Å². The minimum Gasteiger partial charge on any atom is -0.494 e. The summed E-state index contributed by atoms with van der Waals surface area (Å²) >= 11 is 12.0. The van der Waals surface area contributed by atoms with Crippen LogP contribution in [0.1, 0.15) is 12.0 Å². The number of pyridine rings is 1. The van der Waals surface area contributed by atoms with Crippen molar-refractivity contribution in [3.63, 3.8) is 0 Å². The van der Waals surface area contributed by atoms with Gasteiger partial charge in [0, 0.05) is 24.7 Å². The number of benzene rings is 1.